The first-order valence-corrected chi connectivity index (χ1v) is 8.25. The third-order valence-corrected chi connectivity index (χ3v) is 4.37. The first-order valence-electron chi connectivity index (χ1n) is 8.25. The van der Waals surface area contributed by atoms with E-state index in [4.69, 9.17) is 4.74 Å². The molecule has 4 heteroatoms. The largest absolute Gasteiger partial charge is 0.468 e. The summed E-state index contributed by atoms with van der Waals surface area (Å²) in [5, 5.41) is 0. The second-order valence-electron chi connectivity index (χ2n) is 6.30. The molecular formula is C19H25N3O. The van der Waals surface area contributed by atoms with Gasteiger partial charge in [-0.3, -0.25) is 0 Å². The highest BCUT2D eigenvalue weighted by atomic mass is 16.5. The minimum atomic E-state index is -0.0161. The van der Waals surface area contributed by atoms with Crippen LogP contribution < -0.4 is 9.64 Å². The van der Waals surface area contributed by atoms with E-state index in [2.05, 4.69) is 53.9 Å². The Morgan fingerprint density at radius 1 is 1.09 bits per heavy atom. The summed E-state index contributed by atoms with van der Waals surface area (Å²) in [6.45, 7) is 8.32. The predicted molar refractivity (Wildman–Crippen MR) is 94.2 cm³/mol. The van der Waals surface area contributed by atoms with Gasteiger partial charge in [0.2, 0.25) is 5.88 Å². The molecule has 0 spiro atoms. The maximum Gasteiger partial charge on any atom is 0.238 e. The third-order valence-electron chi connectivity index (χ3n) is 4.37. The van der Waals surface area contributed by atoms with Crippen molar-refractivity contribution in [1.82, 2.24) is 9.88 Å². The fourth-order valence-electron chi connectivity index (χ4n) is 2.87. The van der Waals surface area contributed by atoms with Crippen molar-refractivity contribution < 1.29 is 4.74 Å². The molecular weight excluding hydrogens is 286 g/mol. The van der Waals surface area contributed by atoms with Gasteiger partial charge >= 0.3 is 0 Å². The minimum absolute atomic E-state index is 0.0161. The normalized spacial score (nSPS) is 17.1. The number of hydrogen-bond donors (Lipinski definition) is 0. The molecule has 2 aromatic rings. The van der Waals surface area contributed by atoms with Crippen LogP contribution in [0.15, 0.2) is 42.6 Å². The van der Waals surface area contributed by atoms with Gasteiger partial charge in [-0.05, 0) is 38.1 Å². The fraction of sp³-hybridized carbons (Fsp3) is 0.421. The number of benzene rings is 1. The number of pyridine rings is 1. The molecule has 1 aliphatic heterocycles. The van der Waals surface area contributed by atoms with Crippen LogP contribution in [0.1, 0.15) is 24.2 Å². The summed E-state index contributed by atoms with van der Waals surface area (Å²) < 4.78 is 6.20. The number of piperazine rings is 1. The lowest BCUT2D eigenvalue weighted by Gasteiger charge is -2.35. The van der Waals surface area contributed by atoms with Gasteiger partial charge in [0.15, 0.2) is 0 Å². The molecule has 3 rings (SSSR count). The number of nitrogens with zero attached hydrogens (tertiary/aromatic N) is 3. The van der Waals surface area contributed by atoms with Crippen molar-refractivity contribution in [3.05, 3.63) is 53.7 Å². The monoisotopic (exact) mass is 311 g/mol. The Morgan fingerprint density at radius 3 is 2.48 bits per heavy atom. The van der Waals surface area contributed by atoms with E-state index in [0.717, 1.165) is 37.7 Å². The lowest BCUT2D eigenvalue weighted by Crippen LogP contribution is -2.44. The van der Waals surface area contributed by atoms with Crippen molar-refractivity contribution in [2.75, 3.05) is 38.1 Å². The van der Waals surface area contributed by atoms with Crippen LogP contribution in [0.5, 0.6) is 5.88 Å². The average molecular weight is 311 g/mol. The first kappa shape index (κ1) is 15.8. The molecule has 23 heavy (non-hydrogen) atoms. The number of likely N-dealkylation sites (N-methyl/N-ethyl adjacent to an activating group) is 1. The van der Waals surface area contributed by atoms with Gasteiger partial charge in [-0.1, -0.05) is 30.3 Å². The summed E-state index contributed by atoms with van der Waals surface area (Å²) in [6, 6.07) is 12.5. The number of ether oxygens (including phenoxy) is 1. The van der Waals surface area contributed by atoms with Gasteiger partial charge in [0.25, 0.3) is 0 Å². The smallest absolute Gasteiger partial charge is 0.238 e. The zero-order chi connectivity index (χ0) is 16.2. The van der Waals surface area contributed by atoms with E-state index in [0.29, 0.717) is 0 Å². The van der Waals surface area contributed by atoms with E-state index < -0.39 is 0 Å². The molecule has 0 aliphatic carbocycles. The second-order valence-corrected chi connectivity index (χ2v) is 6.30. The van der Waals surface area contributed by atoms with Gasteiger partial charge in [-0.25, -0.2) is 4.98 Å². The van der Waals surface area contributed by atoms with Crippen molar-refractivity contribution >= 4 is 5.69 Å². The highest BCUT2D eigenvalue weighted by molar-refractivity contribution is 5.56. The average Bonchev–Trinajstić information content (AvgIpc) is 2.58. The molecule has 1 atom stereocenters. The van der Waals surface area contributed by atoms with Crippen molar-refractivity contribution in [3.63, 3.8) is 0 Å². The zero-order valence-electron chi connectivity index (χ0n) is 14.2. The molecule has 0 N–H and O–H groups in total. The van der Waals surface area contributed by atoms with Crippen molar-refractivity contribution in [2.45, 2.75) is 20.0 Å². The minimum Gasteiger partial charge on any atom is -0.468 e. The van der Waals surface area contributed by atoms with Crippen molar-refractivity contribution in [2.24, 2.45) is 0 Å². The van der Waals surface area contributed by atoms with Crippen molar-refractivity contribution in [3.8, 4) is 5.88 Å². The molecule has 1 saturated heterocycles. The van der Waals surface area contributed by atoms with E-state index in [9.17, 15) is 0 Å². The molecule has 0 saturated carbocycles. The van der Waals surface area contributed by atoms with Gasteiger partial charge in [-0.15, -0.1) is 0 Å². The Labute approximate surface area is 138 Å². The number of aryl methyl sites for hydroxylation is 1. The van der Waals surface area contributed by atoms with Crippen molar-refractivity contribution in [1.29, 1.82) is 0 Å². The van der Waals surface area contributed by atoms with E-state index in [1.54, 1.807) is 0 Å². The van der Waals surface area contributed by atoms with Crippen LogP contribution in [0, 0.1) is 6.92 Å². The Kier molecular flexibility index (Phi) is 4.82. The lowest BCUT2D eigenvalue weighted by molar-refractivity contribution is 0.217. The summed E-state index contributed by atoms with van der Waals surface area (Å²) >= 11 is 0. The highest BCUT2D eigenvalue weighted by Crippen LogP contribution is 2.31. The van der Waals surface area contributed by atoms with E-state index in [1.807, 2.05) is 24.4 Å². The summed E-state index contributed by atoms with van der Waals surface area (Å²) in [5.74, 6) is 0.733. The molecule has 1 aromatic heterocycles. The molecule has 4 nitrogen and oxygen atoms in total. The molecule has 0 amide bonds. The maximum absolute atomic E-state index is 6.20. The Balaban J connectivity index is 1.81. The topological polar surface area (TPSA) is 28.6 Å². The summed E-state index contributed by atoms with van der Waals surface area (Å²) in [4.78, 5) is 9.30. The summed E-state index contributed by atoms with van der Waals surface area (Å²) in [5.41, 5.74) is 3.44. The quantitative estimate of drug-likeness (QED) is 0.866. The standard InChI is InChI=1S/C19H25N3O/c1-15-13-18(22-11-9-21(3)10-12-22)19(20-14-15)23-16(2)17-7-5-4-6-8-17/h4-8,13-14,16H,9-12H2,1-3H3/t16-/m0/s1. The van der Waals surface area contributed by atoms with Crippen LogP contribution in [0.4, 0.5) is 5.69 Å². The van der Waals surface area contributed by atoms with Gasteiger partial charge in [-0.2, -0.15) is 0 Å². The maximum atomic E-state index is 6.20. The zero-order valence-corrected chi connectivity index (χ0v) is 14.2. The molecule has 1 fully saturated rings. The van der Waals surface area contributed by atoms with E-state index >= 15 is 0 Å². The second kappa shape index (κ2) is 7.01. The Bertz CT molecular complexity index is 636. The Hall–Kier alpha value is -2.07. The van der Waals surface area contributed by atoms with E-state index in [-0.39, 0.29) is 6.10 Å². The molecule has 1 aromatic carbocycles. The van der Waals surface area contributed by atoms with Gasteiger partial charge in [0.05, 0.1) is 0 Å². The van der Waals surface area contributed by atoms with Crippen LogP contribution in [0.3, 0.4) is 0 Å². The highest BCUT2D eigenvalue weighted by Gasteiger charge is 2.20. The molecule has 122 valence electrons. The number of hydrogen-bond acceptors (Lipinski definition) is 4. The van der Waals surface area contributed by atoms with Crippen LogP contribution >= 0.6 is 0 Å². The molecule has 1 aliphatic rings. The van der Waals surface area contributed by atoms with Crippen LogP contribution in [-0.2, 0) is 0 Å². The van der Waals surface area contributed by atoms with Gasteiger partial charge < -0.3 is 14.5 Å². The Morgan fingerprint density at radius 2 is 1.78 bits per heavy atom. The fourth-order valence-corrected chi connectivity index (χ4v) is 2.87. The summed E-state index contributed by atoms with van der Waals surface area (Å²) in [7, 11) is 2.17. The summed E-state index contributed by atoms with van der Waals surface area (Å²) in [6.07, 6.45) is 1.87. The van der Waals surface area contributed by atoms with Crippen LogP contribution in [-0.4, -0.2) is 43.1 Å². The lowest BCUT2D eigenvalue weighted by atomic mass is 10.1. The molecule has 0 radical (unpaired) electrons. The van der Waals surface area contributed by atoms with E-state index in [1.165, 1.54) is 11.1 Å². The number of rotatable bonds is 4. The van der Waals surface area contributed by atoms with Crippen LogP contribution in [0.25, 0.3) is 0 Å². The number of anilines is 1. The SMILES string of the molecule is Cc1cnc(O[C@@H](C)c2ccccc2)c(N2CCN(C)CC2)c1. The molecule has 0 bridgehead atoms. The molecule has 0 unspecified atom stereocenters. The third kappa shape index (κ3) is 3.82. The van der Waals surface area contributed by atoms with Crippen LogP contribution in [0.2, 0.25) is 0 Å². The number of aromatic nitrogens is 1. The van der Waals surface area contributed by atoms with Gasteiger partial charge in [0, 0.05) is 32.4 Å². The first-order chi connectivity index (χ1) is 11.1. The predicted octanol–water partition coefficient (Wildman–Crippen LogP) is 3.28. The van der Waals surface area contributed by atoms with Gasteiger partial charge in [0.1, 0.15) is 11.8 Å². The molecule has 2 heterocycles.